The lowest BCUT2D eigenvalue weighted by atomic mass is 9.95. The molecule has 0 aliphatic heterocycles. The molecule has 1 aliphatic carbocycles. The molecule has 3 rings (SSSR count). The van der Waals surface area contributed by atoms with Crippen molar-refractivity contribution in [1.82, 2.24) is 5.32 Å². The fraction of sp³-hybridized carbons (Fsp3) is 0.417. The smallest absolute Gasteiger partial charge is 0.226 e. The fourth-order valence-electron chi connectivity index (χ4n) is 3.86. The second-order valence-corrected chi connectivity index (χ2v) is 7.84. The third-order valence-electron chi connectivity index (χ3n) is 5.43. The van der Waals surface area contributed by atoms with Gasteiger partial charge >= 0.3 is 0 Å². The third kappa shape index (κ3) is 6.51. The molecule has 1 atom stereocenters. The highest BCUT2D eigenvalue weighted by Gasteiger charge is 2.18. The molecule has 160 valence electrons. The summed E-state index contributed by atoms with van der Waals surface area (Å²) in [5.74, 6) is 0.394. The Morgan fingerprint density at radius 2 is 1.60 bits per heavy atom. The van der Waals surface area contributed by atoms with Crippen LogP contribution in [-0.2, 0) is 9.59 Å². The predicted octanol–water partition coefficient (Wildman–Crippen LogP) is 4.65. The Morgan fingerprint density at radius 1 is 0.967 bits per heavy atom. The van der Waals surface area contributed by atoms with Gasteiger partial charge in [0.1, 0.15) is 5.75 Å². The highest BCUT2D eigenvalue weighted by atomic mass is 16.5. The van der Waals surface area contributed by atoms with Gasteiger partial charge in [-0.3, -0.25) is 9.59 Å². The molecule has 0 aromatic heterocycles. The summed E-state index contributed by atoms with van der Waals surface area (Å²) in [4.78, 5) is 24.2. The van der Waals surface area contributed by atoms with E-state index in [0.29, 0.717) is 6.04 Å². The zero-order chi connectivity index (χ0) is 21.3. The quantitative estimate of drug-likeness (QED) is 0.593. The van der Waals surface area contributed by atoms with Gasteiger partial charge in [-0.1, -0.05) is 31.4 Å². The molecule has 2 amide bonds. The molecule has 2 aromatic rings. The number of nitrogens with one attached hydrogen (secondary N) is 3. The Bertz CT molecular complexity index is 828. The molecule has 1 aliphatic rings. The fourth-order valence-corrected chi connectivity index (χ4v) is 3.86. The minimum absolute atomic E-state index is 0.147. The van der Waals surface area contributed by atoms with Crippen molar-refractivity contribution < 1.29 is 14.3 Å². The van der Waals surface area contributed by atoms with Crippen molar-refractivity contribution in [2.24, 2.45) is 0 Å². The van der Waals surface area contributed by atoms with Crippen molar-refractivity contribution in [2.45, 2.75) is 57.5 Å². The van der Waals surface area contributed by atoms with Gasteiger partial charge in [-0.25, -0.2) is 0 Å². The zero-order valence-electron chi connectivity index (χ0n) is 17.7. The van der Waals surface area contributed by atoms with Gasteiger partial charge < -0.3 is 20.7 Å². The Kier molecular flexibility index (Phi) is 7.71. The lowest BCUT2D eigenvalue weighted by Crippen LogP contribution is -2.29. The van der Waals surface area contributed by atoms with Crippen LogP contribution in [0.5, 0.6) is 5.75 Å². The number of carbonyl (C=O) groups excluding carboxylic acids is 2. The molecule has 0 spiro atoms. The first kappa shape index (κ1) is 21.7. The summed E-state index contributed by atoms with van der Waals surface area (Å²) < 4.78 is 5.18. The van der Waals surface area contributed by atoms with Crippen LogP contribution in [0.3, 0.4) is 0 Å². The van der Waals surface area contributed by atoms with Gasteiger partial charge in [-0.05, 0) is 54.8 Å². The van der Waals surface area contributed by atoms with E-state index >= 15 is 0 Å². The van der Waals surface area contributed by atoms with Crippen LogP contribution in [0.1, 0.15) is 57.1 Å². The summed E-state index contributed by atoms with van der Waals surface area (Å²) in [5, 5.41) is 9.36. The molecule has 1 fully saturated rings. The number of hydrogen-bond acceptors (Lipinski definition) is 4. The molecule has 6 nitrogen and oxygen atoms in total. The lowest BCUT2D eigenvalue weighted by Gasteiger charge is -2.24. The van der Waals surface area contributed by atoms with E-state index in [1.165, 1.54) is 39.0 Å². The summed E-state index contributed by atoms with van der Waals surface area (Å²) in [6.07, 6.45) is 6.49. The maximum Gasteiger partial charge on any atom is 0.226 e. The van der Waals surface area contributed by atoms with Gasteiger partial charge in [0.2, 0.25) is 11.8 Å². The van der Waals surface area contributed by atoms with E-state index in [-0.39, 0.29) is 18.2 Å². The first-order chi connectivity index (χ1) is 14.5. The molecule has 3 N–H and O–H groups in total. The van der Waals surface area contributed by atoms with Crippen LogP contribution in [0.2, 0.25) is 0 Å². The summed E-state index contributed by atoms with van der Waals surface area (Å²) in [6.45, 7) is 1.45. The van der Waals surface area contributed by atoms with Crippen LogP contribution >= 0.6 is 0 Å². The van der Waals surface area contributed by atoms with E-state index in [1.807, 2.05) is 48.5 Å². The molecule has 2 aromatic carbocycles. The van der Waals surface area contributed by atoms with Crippen molar-refractivity contribution in [3.8, 4) is 5.75 Å². The van der Waals surface area contributed by atoms with Crippen LogP contribution in [0.25, 0.3) is 0 Å². The van der Waals surface area contributed by atoms with Crippen LogP contribution in [-0.4, -0.2) is 25.0 Å². The monoisotopic (exact) mass is 409 g/mol. The van der Waals surface area contributed by atoms with Gasteiger partial charge in [0.05, 0.1) is 19.6 Å². The highest BCUT2D eigenvalue weighted by Crippen LogP contribution is 2.24. The van der Waals surface area contributed by atoms with E-state index in [0.717, 1.165) is 22.7 Å². The molecule has 30 heavy (non-hydrogen) atoms. The third-order valence-corrected chi connectivity index (χ3v) is 5.43. The summed E-state index contributed by atoms with van der Waals surface area (Å²) in [6, 6.07) is 15.3. The van der Waals surface area contributed by atoms with Crippen LogP contribution in [0.15, 0.2) is 48.5 Å². The molecule has 0 saturated heterocycles. The van der Waals surface area contributed by atoms with Crippen molar-refractivity contribution in [2.75, 3.05) is 17.7 Å². The van der Waals surface area contributed by atoms with Gasteiger partial charge in [0, 0.05) is 24.3 Å². The number of ether oxygens (including phenoxy) is 1. The van der Waals surface area contributed by atoms with Crippen molar-refractivity contribution in [3.63, 3.8) is 0 Å². The van der Waals surface area contributed by atoms with E-state index in [9.17, 15) is 9.59 Å². The molecule has 0 heterocycles. The maximum absolute atomic E-state index is 12.6. The van der Waals surface area contributed by atoms with Crippen molar-refractivity contribution >= 4 is 23.2 Å². The summed E-state index contributed by atoms with van der Waals surface area (Å²) >= 11 is 0. The number of hydrogen-bond donors (Lipinski definition) is 3. The van der Waals surface area contributed by atoms with Gasteiger partial charge in [-0.15, -0.1) is 0 Å². The van der Waals surface area contributed by atoms with Crippen molar-refractivity contribution in [1.29, 1.82) is 0 Å². The second-order valence-electron chi connectivity index (χ2n) is 7.84. The molecular formula is C24H31N3O3. The van der Waals surface area contributed by atoms with Crippen LogP contribution in [0.4, 0.5) is 11.4 Å². The minimum atomic E-state index is -0.402. The largest absolute Gasteiger partial charge is 0.497 e. The van der Waals surface area contributed by atoms with E-state index in [4.69, 9.17) is 4.74 Å². The molecule has 0 radical (unpaired) electrons. The normalized spacial score (nSPS) is 15.1. The first-order valence-electron chi connectivity index (χ1n) is 10.6. The van der Waals surface area contributed by atoms with E-state index < -0.39 is 6.04 Å². The topological polar surface area (TPSA) is 79.5 Å². The average molecular weight is 410 g/mol. The number of benzene rings is 2. The average Bonchev–Trinajstić information content (AvgIpc) is 2.75. The Morgan fingerprint density at radius 3 is 2.20 bits per heavy atom. The summed E-state index contributed by atoms with van der Waals surface area (Å²) in [7, 11) is 1.60. The first-order valence-corrected chi connectivity index (χ1v) is 10.6. The van der Waals surface area contributed by atoms with Crippen molar-refractivity contribution in [3.05, 3.63) is 54.1 Å². The molecular weight excluding hydrogens is 378 g/mol. The molecule has 6 heteroatoms. The minimum Gasteiger partial charge on any atom is -0.497 e. The van der Waals surface area contributed by atoms with Gasteiger partial charge in [0.25, 0.3) is 0 Å². The number of carbonyl (C=O) groups is 2. The lowest BCUT2D eigenvalue weighted by molar-refractivity contribution is -0.120. The van der Waals surface area contributed by atoms with Gasteiger partial charge in [-0.2, -0.15) is 0 Å². The SMILES string of the molecule is COc1ccc(C(CC(=O)Nc2ccc(NC3CCCCC3)cc2)NC(C)=O)cc1. The van der Waals surface area contributed by atoms with Crippen LogP contribution < -0.4 is 20.7 Å². The predicted molar refractivity (Wildman–Crippen MR) is 120 cm³/mol. The standard InChI is InChI=1S/C24H31N3O3/c1-17(28)25-23(18-8-14-22(30-2)15-9-18)16-24(29)27-21-12-10-20(11-13-21)26-19-6-4-3-5-7-19/h8-15,19,23,26H,3-7,16H2,1-2H3,(H,25,28)(H,27,29). The van der Waals surface area contributed by atoms with Gasteiger partial charge in [0.15, 0.2) is 0 Å². The van der Waals surface area contributed by atoms with Crippen LogP contribution in [0, 0.1) is 0 Å². The maximum atomic E-state index is 12.6. The summed E-state index contributed by atoms with van der Waals surface area (Å²) in [5.41, 5.74) is 2.67. The molecule has 0 bridgehead atoms. The number of anilines is 2. The molecule has 1 saturated carbocycles. The number of rotatable bonds is 8. The van der Waals surface area contributed by atoms with E-state index in [2.05, 4.69) is 16.0 Å². The Balaban J connectivity index is 1.58. The number of amides is 2. The van der Waals surface area contributed by atoms with E-state index in [1.54, 1.807) is 7.11 Å². The molecule has 1 unspecified atom stereocenters. The Hall–Kier alpha value is -3.02. The number of methoxy groups -OCH3 is 1. The second kappa shape index (κ2) is 10.7. The zero-order valence-corrected chi connectivity index (χ0v) is 17.7. The Labute approximate surface area is 178 Å². The highest BCUT2D eigenvalue weighted by molar-refractivity contribution is 5.91.